The maximum Gasteiger partial charge on any atom is 0.262 e. The van der Waals surface area contributed by atoms with Crippen molar-refractivity contribution in [3.05, 3.63) is 108 Å². The fraction of sp³-hybridized carbons (Fsp3) is 0.0800. The van der Waals surface area contributed by atoms with Crippen LogP contribution >= 0.6 is 0 Å². The first-order valence-corrected chi connectivity index (χ1v) is 10.3. The molecule has 2 aromatic heterocycles. The van der Waals surface area contributed by atoms with Gasteiger partial charge in [-0.1, -0.05) is 54.6 Å². The van der Waals surface area contributed by atoms with Gasteiger partial charge in [0.05, 0.1) is 16.6 Å². The highest BCUT2D eigenvalue weighted by Gasteiger charge is 2.42. The van der Waals surface area contributed by atoms with Crippen molar-refractivity contribution >= 4 is 28.4 Å². The van der Waals surface area contributed by atoms with E-state index in [4.69, 9.17) is 4.98 Å². The molecule has 3 heterocycles. The van der Waals surface area contributed by atoms with Crippen molar-refractivity contribution in [3.8, 4) is 0 Å². The Morgan fingerprint density at radius 2 is 1.44 bits per heavy atom. The van der Waals surface area contributed by atoms with Crippen LogP contribution in [0.4, 0.5) is 0 Å². The number of carbonyl (C=O) groups is 2. The molecule has 7 heteroatoms. The molecule has 5 aromatic rings. The van der Waals surface area contributed by atoms with Crippen molar-refractivity contribution in [2.75, 3.05) is 0 Å². The van der Waals surface area contributed by atoms with E-state index in [2.05, 4.69) is 10.1 Å². The number of hydrogen-bond acceptors (Lipinski definition) is 5. The number of para-hydroxylation sites is 1. The fourth-order valence-electron chi connectivity index (χ4n) is 4.26. The van der Waals surface area contributed by atoms with E-state index in [0.29, 0.717) is 29.0 Å². The normalized spacial score (nSPS) is 14.3. The smallest absolute Gasteiger partial charge is 0.262 e. The second-order valence-electron chi connectivity index (χ2n) is 7.73. The van der Waals surface area contributed by atoms with Gasteiger partial charge in [0.25, 0.3) is 11.8 Å². The molecule has 32 heavy (non-hydrogen) atoms. The average molecular weight is 419 g/mol. The largest absolute Gasteiger partial charge is 0.269 e. The summed E-state index contributed by atoms with van der Waals surface area (Å²) in [4.78, 5) is 37.1. The lowest BCUT2D eigenvalue weighted by Gasteiger charge is -2.24. The van der Waals surface area contributed by atoms with Gasteiger partial charge in [-0.15, -0.1) is 5.10 Å². The Balaban J connectivity index is 1.51. The number of benzene rings is 3. The number of hydrogen-bond donors (Lipinski definition) is 0. The zero-order chi connectivity index (χ0) is 21.7. The first-order chi connectivity index (χ1) is 15.7. The summed E-state index contributed by atoms with van der Waals surface area (Å²) in [5.74, 6) is -0.247. The van der Waals surface area contributed by atoms with Gasteiger partial charge in [-0.2, -0.15) is 0 Å². The molecule has 2 amide bonds. The van der Waals surface area contributed by atoms with Crippen LogP contribution in [0.3, 0.4) is 0 Å². The molecular formula is C25H17N5O2. The summed E-state index contributed by atoms with van der Waals surface area (Å²) in [5.41, 5.74) is 3.24. The molecule has 7 nitrogen and oxygen atoms in total. The van der Waals surface area contributed by atoms with Crippen LogP contribution in [0, 0.1) is 0 Å². The number of nitrogens with zero attached hydrogens (tertiary/aromatic N) is 5. The second-order valence-corrected chi connectivity index (χ2v) is 7.73. The first kappa shape index (κ1) is 18.4. The highest BCUT2D eigenvalue weighted by atomic mass is 16.2. The molecule has 0 bridgehead atoms. The number of fused-ring (bicyclic) bond motifs is 4. The second kappa shape index (κ2) is 7.09. The summed E-state index contributed by atoms with van der Waals surface area (Å²) in [6, 6.07) is 23.7. The van der Waals surface area contributed by atoms with Gasteiger partial charge in [0.2, 0.25) is 0 Å². The molecule has 0 saturated heterocycles. The summed E-state index contributed by atoms with van der Waals surface area (Å²) < 4.78 is 1.60. The number of carbonyl (C=O) groups excluding carboxylic acids is 2. The summed E-state index contributed by atoms with van der Waals surface area (Å²) in [6.45, 7) is 0. The van der Waals surface area contributed by atoms with Gasteiger partial charge in [-0.3, -0.25) is 14.5 Å². The van der Waals surface area contributed by atoms with E-state index in [1.54, 1.807) is 35.1 Å². The highest BCUT2D eigenvalue weighted by molar-refractivity contribution is 6.21. The summed E-state index contributed by atoms with van der Waals surface area (Å²) in [6.07, 6.45) is 2.02. The van der Waals surface area contributed by atoms with Crippen LogP contribution in [-0.2, 0) is 6.42 Å². The van der Waals surface area contributed by atoms with E-state index in [-0.39, 0.29) is 11.8 Å². The van der Waals surface area contributed by atoms with Crippen LogP contribution < -0.4 is 0 Å². The maximum atomic E-state index is 13.3. The Hall–Kier alpha value is -4.39. The third-order valence-electron chi connectivity index (χ3n) is 5.81. The number of rotatable bonds is 4. The number of aromatic nitrogens is 4. The molecule has 1 aliphatic heterocycles. The van der Waals surface area contributed by atoms with Crippen molar-refractivity contribution in [1.82, 2.24) is 24.5 Å². The third-order valence-corrected chi connectivity index (χ3v) is 5.81. The van der Waals surface area contributed by atoms with Crippen molar-refractivity contribution in [2.45, 2.75) is 12.5 Å². The molecule has 0 radical (unpaired) electrons. The van der Waals surface area contributed by atoms with Crippen molar-refractivity contribution in [1.29, 1.82) is 0 Å². The number of amides is 2. The first-order valence-electron chi connectivity index (χ1n) is 10.3. The molecule has 0 saturated carbocycles. The number of imide groups is 1. The molecule has 1 atom stereocenters. The van der Waals surface area contributed by atoms with Crippen LogP contribution in [0.2, 0.25) is 0 Å². The van der Waals surface area contributed by atoms with Crippen molar-refractivity contribution < 1.29 is 9.59 Å². The topological polar surface area (TPSA) is 80.5 Å². The van der Waals surface area contributed by atoms with Crippen LogP contribution in [0.15, 0.2) is 85.2 Å². The van der Waals surface area contributed by atoms with Crippen LogP contribution in [0.25, 0.3) is 16.6 Å². The average Bonchev–Trinajstić information content (AvgIpc) is 3.38. The highest BCUT2D eigenvalue weighted by Crippen LogP contribution is 2.33. The minimum atomic E-state index is -0.650. The molecule has 0 aliphatic carbocycles. The lowest BCUT2D eigenvalue weighted by molar-refractivity contribution is 0.0574. The quantitative estimate of drug-likeness (QED) is 0.413. The summed E-state index contributed by atoms with van der Waals surface area (Å²) in [7, 11) is 0. The molecule has 0 fully saturated rings. The molecular weight excluding hydrogens is 402 g/mol. The Kier molecular flexibility index (Phi) is 4.07. The molecule has 0 N–H and O–H groups in total. The predicted molar refractivity (Wildman–Crippen MR) is 118 cm³/mol. The molecule has 6 rings (SSSR count). The van der Waals surface area contributed by atoms with Gasteiger partial charge in [0.1, 0.15) is 12.4 Å². The molecule has 0 spiro atoms. The Bertz CT molecular complexity index is 1470. The fourth-order valence-corrected chi connectivity index (χ4v) is 4.26. The predicted octanol–water partition coefficient (Wildman–Crippen LogP) is 3.86. The van der Waals surface area contributed by atoms with E-state index in [9.17, 15) is 9.59 Å². The third kappa shape index (κ3) is 2.79. The zero-order valence-corrected chi connectivity index (χ0v) is 16.9. The lowest BCUT2D eigenvalue weighted by atomic mass is 10.0. The van der Waals surface area contributed by atoms with Gasteiger partial charge in [-0.05, 0) is 29.8 Å². The van der Waals surface area contributed by atoms with E-state index in [0.717, 1.165) is 16.5 Å². The molecule has 154 valence electrons. The van der Waals surface area contributed by atoms with Gasteiger partial charge in [0, 0.05) is 11.8 Å². The Morgan fingerprint density at radius 3 is 2.19 bits per heavy atom. The van der Waals surface area contributed by atoms with Gasteiger partial charge in [-0.25, -0.2) is 14.5 Å². The van der Waals surface area contributed by atoms with Crippen molar-refractivity contribution in [2.24, 2.45) is 0 Å². The minimum absolute atomic E-state index is 0.326. The van der Waals surface area contributed by atoms with Crippen molar-refractivity contribution in [3.63, 3.8) is 0 Å². The molecule has 3 aromatic carbocycles. The lowest BCUT2D eigenvalue weighted by Crippen LogP contribution is -2.36. The van der Waals surface area contributed by atoms with E-state index < -0.39 is 6.04 Å². The standard InChI is InChI=1S/C25H17N5O2/c31-24-17-10-4-5-11-18(17)25(32)30(24)21(14-16-8-2-1-3-9-16)22-27-23-19-12-6-7-13-20(19)26-15-29(23)28-22/h1-13,15,21H,14H2/t21-/m0/s1. The van der Waals surface area contributed by atoms with Gasteiger partial charge < -0.3 is 0 Å². The van der Waals surface area contributed by atoms with Crippen LogP contribution in [0.1, 0.15) is 38.1 Å². The minimum Gasteiger partial charge on any atom is -0.269 e. The van der Waals surface area contributed by atoms with E-state index in [1.165, 1.54) is 4.90 Å². The maximum absolute atomic E-state index is 13.3. The van der Waals surface area contributed by atoms with E-state index in [1.807, 2.05) is 54.6 Å². The summed E-state index contributed by atoms with van der Waals surface area (Å²) >= 11 is 0. The van der Waals surface area contributed by atoms with Gasteiger partial charge in [0.15, 0.2) is 11.5 Å². The monoisotopic (exact) mass is 419 g/mol. The SMILES string of the molecule is O=C1c2ccccc2C(=O)N1[C@@H](Cc1ccccc1)c1nc2c3ccccc3ncn2n1. The Morgan fingerprint density at radius 1 is 0.781 bits per heavy atom. The van der Waals surface area contributed by atoms with Crippen LogP contribution in [-0.4, -0.2) is 36.3 Å². The molecule has 1 aliphatic rings. The van der Waals surface area contributed by atoms with E-state index >= 15 is 0 Å². The van der Waals surface area contributed by atoms with Crippen LogP contribution in [0.5, 0.6) is 0 Å². The van der Waals surface area contributed by atoms with Gasteiger partial charge >= 0.3 is 0 Å². The zero-order valence-electron chi connectivity index (χ0n) is 16.9. The summed E-state index contributed by atoms with van der Waals surface area (Å²) in [5, 5.41) is 5.49. The molecule has 0 unspecified atom stereocenters. The Labute approximate surface area is 183 Å².